The predicted octanol–water partition coefficient (Wildman–Crippen LogP) is 4.11. The maximum absolute atomic E-state index is 14.9. The highest BCUT2D eigenvalue weighted by atomic mass is 19.1. The molecular weight excluding hydrogens is 544 g/mol. The number of piperidine rings is 1. The van der Waals surface area contributed by atoms with Crippen LogP contribution in [0, 0.1) is 5.82 Å². The van der Waals surface area contributed by atoms with E-state index in [4.69, 9.17) is 9.72 Å². The topological polar surface area (TPSA) is 102 Å². The second-order valence-electron chi connectivity index (χ2n) is 12.1. The molecule has 222 valence electrons. The number of nitrogens with zero attached hydrogens (tertiary/aromatic N) is 5. The van der Waals surface area contributed by atoms with E-state index in [1.54, 1.807) is 12.1 Å². The zero-order valence-corrected chi connectivity index (χ0v) is 23.7. The number of alkyl halides is 1. The average Bonchev–Trinajstić information content (AvgIpc) is 3.61. The number of aliphatic hydroxyl groups is 1. The third kappa shape index (κ3) is 4.44. The van der Waals surface area contributed by atoms with E-state index in [1.807, 2.05) is 11.8 Å². The number of aromatic hydroxyl groups is 1. The van der Waals surface area contributed by atoms with E-state index >= 15 is 0 Å². The number of rotatable bonds is 6. The van der Waals surface area contributed by atoms with Crippen molar-refractivity contribution in [1.29, 1.82) is 0 Å². The fourth-order valence-corrected chi connectivity index (χ4v) is 7.41. The van der Waals surface area contributed by atoms with Gasteiger partial charge in [-0.25, -0.2) is 8.78 Å². The van der Waals surface area contributed by atoms with Gasteiger partial charge in [0, 0.05) is 37.5 Å². The van der Waals surface area contributed by atoms with E-state index in [0.29, 0.717) is 84.4 Å². The first kappa shape index (κ1) is 27.3. The van der Waals surface area contributed by atoms with Crippen molar-refractivity contribution < 1.29 is 28.5 Å². The lowest BCUT2D eigenvalue weighted by Gasteiger charge is -2.32. The fourth-order valence-electron chi connectivity index (χ4n) is 7.41. The minimum Gasteiger partial charge on any atom is -0.508 e. The highest BCUT2D eigenvalue weighted by molar-refractivity contribution is 6.16. The van der Waals surface area contributed by atoms with Crippen molar-refractivity contribution in [2.45, 2.75) is 69.8 Å². The van der Waals surface area contributed by atoms with Gasteiger partial charge in [0.25, 0.3) is 5.91 Å². The molecule has 0 saturated carbocycles. The van der Waals surface area contributed by atoms with Gasteiger partial charge in [-0.05, 0) is 61.7 Å². The fraction of sp³-hybridized carbons (Fsp3) is 0.516. The van der Waals surface area contributed by atoms with Gasteiger partial charge in [-0.3, -0.25) is 9.69 Å². The molecule has 3 fully saturated rings. The van der Waals surface area contributed by atoms with Crippen LogP contribution in [0.25, 0.3) is 10.8 Å². The maximum Gasteiger partial charge on any atom is 0.318 e. The number of ether oxygens (including phenoxy) is 1. The van der Waals surface area contributed by atoms with Crippen molar-refractivity contribution in [3.8, 4) is 11.8 Å². The number of phenolic OH excluding ortho intramolecular Hbond substituents is 1. The van der Waals surface area contributed by atoms with E-state index in [2.05, 4.69) is 9.88 Å². The molecule has 2 atom stereocenters. The quantitative estimate of drug-likeness (QED) is 0.450. The first-order chi connectivity index (χ1) is 20.3. The summed E-state index contributed by atoms with van der Waals surface area (Å²) in [4.78, 5) is 29.2. The summed E-state index contributed by atoms with van der Waals surface area (Å²) in [5.74, 6) is -0.297. The molecule has 2 aromatic carbocycles. The lowest BCUT2D eigenvalue weighted by Crippen LogP contribution is -2.43. The van der Waals surface area contributed by atoms with Crippen molar-refractivity contribution >= 4 is 28.2 Å². The number of amides is 1. The van der Waals surface area contributed by atoms with E-state index in [1.165, 1.54) is 17.0 Å². The minimum atomic E-state index is -0.883. The molecule has 3 aromatic rings. The van der Waals surface area contributed by atoms with Gasteiger partial charge < -0.3 is 24.7 Å². The number of aliphatic hydroxyl groups excluding tert-OH is 1. The normalized spacial score (nSPS) is 24.6. The summed E-state index contributed by atoms with van der Waals surface area (Å²) < 4.78 is 35.5. The van der Waals surface area contributed by atoms with Crippen LogP contribution >= 0.6 is 0 Å². The molecule has 5 heterocycles. The number of carbonyl (C=O) groups is 1. The molecule has 0 bridgehead atoms. The second-order valence-corrected chi connectivity index (χ2v) is 12.1. The Morgan fingerprint density at radius 3 is 2.76 bits per heavy atom. The third-order valence-corrected chi connectivity index (χ3v) is 9.48. The molecule has 0 radical (unpaired) electrons. The standard InChI is InChI=1S/C31H35F2N5O4/c1-2-22-23(33)5-4-18-12-21(40)13-25(26(18)22)38-16-24-27(29(38)41)28(36-10-6-20(39)7-11-36)35-30(34-24)42-17-31-8-3-9-37(31)15-19(32)14-31/h4-5,12-13,19-20,39-40H,2-3,6-11,14-17H2,1H3/t19-,31+/m1/s1. The van der Waals surface area contributed by atoms with Gasteiger partial charge in [-0.1, -0.05) is 13.0 Å². The van der Waals surface area contributed by atoms with Crippen LogP contribution in [0.5, 0.6) is 11.8 Å². The smallest absolute Gasteiger partial charge is 0.318 e. The van der Waals surface area contributed by atoms with Crippen LogP contribution in [0.15, 0.2) is 24.3 Å². The number of carbonyl (C=O) groups excluding carboxylic acids is 1. The van der Waals surface area contributed by atoms with Gasteiger partial charge in [0.2, 0.25) is 0 Å². The van der Waals surface area contributed by atoms with Crippen LogP contribution in [-0.2, 0) is 13.0 Å². The summed E-state index contributed by atoms with van der Waals surface area (Å²) in [6, 6.07) is 6.18. The van der Waals surface area contributed by atoms with Crippen molar-refractivity contribution in [2.24, 2.45) is 0 Å². The number of hydrogen-bond acceptors (Lipinski definition) is 8. The van der Waals surface area contributed by atoms with Gasteiger partial charge in [-0.2, -0.15) is 9.97 Å². The van der Waals surface area contributed by atoms with Gasteiger partial charge in [0.1, 0.15) is 35.7 Å². The lowest BCUT2D eigenvalue weighted by atomic mass is 9.95. The van der Waals surface area contributed by atoms with Crippen LogP contribution in [0.4, 0.5) is 20.3 Å². The number of aromatic nitrogens is 2. The van der Waals surface area contributed by atoms with Crippen LogP contribution < -0.4 is 14.5 Å². The molecule has 0 unspecified atom stereocenters. The number of halogens is 2. The van der Waals surface area contributed by atoms with Crippen molar-refractivity contribution in [3.05, 3.63) is 46.9 Å². The molecule has 1 amide bonds. The number of fused-ring (bicyclic) bond motifs is 3. The van der Waals surface area contributed by atoms with Gasteiger partial charge in [0.15, 0.2) is 0 Å². The van der Waals surface area contributed by atoms with Crippen LogP contribution in [0.2, 0.25) is 0 Å². The first-order valence-corrected chi connectivity index (χ1v) is 14.9. The summed E-state index contributed by atoms with van der Waals surface area (Å²) in [6.07, 6.45) is 2.45. The summed E-state index contributed by atoms with van der Waals surface area (Å²) in [5, 5.41) is 21.9. The van der Waals surface area contributed by atoms with E-state index < -0.39 is 12.3 Å². The summed E-state index contributed by atoms with van der Waals surface area (Å²) in [7, 11) is 0. The monoisotopic (exact) mass is 579 g/mol. The molecule has 4 aliphatic rings. The van der Waals surface area contributed by atoms with Crippen LogP contribution in [0.3, 0.4) is 0 Å². The van der Waals surface area contributed by atoms with Gasteiger partial charge >= 0.3 is 6.01 Å². The number of aryl methyl sites for hydroxylation is 1. The van der Waals surface area contributed by atoms with Crippen molar-refractivity contribution in [2.75, 3.05) is 42.6 Å². The number of hydrogen-bond donors (Lipinski definition) is 2. The van der Waals surface area contributed by atoms with E-state index in [0.717, 1.165) is 19.4 Å². The van der Waals surface area contributed by atoms with Crippen LogP contribution in [-0.4, -0.2) is 81.6 Å². The number of anilines is 2. The van der Waals surface area contributed by atoms with Gasteiger partial charge in [-0.15, -0.1) is 0 Å². The molecule has 2 N–H and O–H groups in total. The molecular formula is C31H35F2N5O4. The molecule has 42 heavy (non-hydrogen) atoms. The molecule has 9 nitrogen and oxygen atoms in total. The Bertz CT molecular complexity index is 1560. The average molecular weight is 580 g/mol. The molecule has 4 aliphatic heterocycles. The number of phenols is 1. The maximum atomic E-state index is 14.9. The predicted molar refractivity (Wildman–Crippen MR) is 153 cm³/mol. The summed E-state index contributed by atoms with van der Waals surface area (Å²) in [6.45, 7) is 4.50. The van der Waals surface area contributed by atoms with Crippen molar-refractivity contribution in [3.63, 3.8) is 0 Å². The van der Waals surface area contributed by atoms with E-state index in [-0.39, 0.29) is 42.2 Å². The minimum absolute atomic E-state index is 0.0293. The highest BCUT2D eigenvalue weighted by Crippen LogP contribution is 2.43. The zero-order valence-electron chi connectivity index (χ0n) is 23.7. The Labute approximate surface area is 242 Å². The SMILES string of the molecule is CCc1c(F)ccc2cc(O)cc(N3Cc4nc(OC[C@@]56CCCN5C[C@H](F)C6)nc(N5CCC(O)CC5)c4C3=O)c12. The zero-order chi connectivity index (χ0) is 29.2. The molecule has 11 heteroatoms. The first-order valence-electron chi connectivity index (χ1n) is 14.9. The Kier molecular flexibility index (Phi) is 6.69. The molecule has 1 aromatic heterocycles. The van der Waals surface area contributed by atoms with Crippen molar-refractivity contribution in [1.82, 2.24) is 14.9 Å². The Morgan fingerprint density at radius 2 is 1.98 bits per heavy atom. The largest absolute Gasteiger partial charge is 0.508 e. The molecule has 0 spiro atoms. The van der Waals surface area contributed by atoms with E-state index in [9.17, 15) is 23.8 Å². The summed E-state index contributed by atoms with van der Waals surface area (Å²) in [5.41, 5.74) is 1.32. The Hall–Kier alpha value is -3.57. The van der Waals surface area contributed by atoms with Crippen LogP contribution in [0.1, 0.15) is 60.6 Å². The molecule has 7 rings (SSSR count). The second kappa shape index (κ2) is 10.3. The summed E-state index contributed by atoms with van der Waals surface area (Å²) >= 11 is 0. The Morgan fingerprint density at radius 1 is 1.17 bits per heavy atom. The molecule has 3 saturated heterocycles. The molecule has 0 aliphatic carbocycles. The number of benzene rings is 2. The van der Waals surface area contributed by atoms with Gasteiger partial charge in [0.05, 0.1) is 29.6 Å². The highest BCUT2D eigenvalue weighted by Gasteiger charge is 2.49. The lowest BCUT2D eigenvalue weighted by molar-refractivity contribution is 0.0995. The Balaban J connectivity index is 1.28. The third-order valence-electron chi connectivity index (χ3n) is 9.48.